The van der Waals surface area contributed by atoms with Crippen LogP contribution in [-0.4, -0.2) is 34.9 Å². The van der Waals surface area contributed by atoms with Crippen molar-refractivity contribution in [1.29, 1.82) is 0 Å². The molecule has 2 aromatic rings. The highest BCUT2D eigenvalue weighted by Crippen LogP contribution is 2.33. The van der Waals surface area contributed by atoms with E-state index in [9.17, 15) is 31.9 Å². The Morgan fingerprint density at radius 1 is 1.06 bits per heavy atom. The Morgan fingerprint density at radius 3 is 2.35 bits per heavy atom. The molecule has 2 atom stereocenters. The number of alkyl halides is 3. The molecule has 0 fully saturated rings. The third kappa shape index (κ3) is 5.69. The molecule has 0 aliphatic carbocycles. The van der Waals surface area contributed by atoms with Gasteiger partial charge < -0.3 is 9.47 Å². The minimum atomic E-state index is -5.04. The Bertz CT molecular complexity index is 1150. The monoisotopic (exact) mass is 477 g/mol. The van der Waals surface area contributed by atoms with Crippen molar-refractivity contribution in [2.75, 3.05) is 0 Å². The highest BCUT2D eigenvalue weighted by molar-refractivity contribution is 6.00. The SMILES string of the molecule is CC(C)=C[C@@H]1[C@@H](OC(=O)c2ccc(F)cc2C(F)(F)F)C(=O)C=CN1C(=O)Oc1ccccc1. The minimum Gasteiger partial charge on any atom is -0.448 e. The van der Waals surface area contributed by atoms with Crippen molar-refractivity contribution in [1.82, 2.24) is 4.90 Å². The summed E-state index contributed by atoms with van der Waals surface area (Å²) < 4.78 is 63.8. The molecule has 178 valence electrons. The summed E-state index contributed by atoms with van der Waals surface area (Å²) in [6.07, 6.45) is -4.08. The van der Waals surface area contributed by atoms with Crippen molar-refractivity contribution in [3.05, 3.63) is 89.4 Å². The number of carbonyl (C=O) groups excluding carboxylic acids is 3. The lowest BCUT2D eigenvalue weighted by atomic mass is 9.99. The van der Waals surface area contributed by atoms with Gasteiger partial charge in [0.1, 0.15) is 17.6 Å². The third-order valence-electron chi connectivity index (χ3n) is 4.72. The first-order valence-electron chi connectivity index (χ1n) is 9.97. The maximum atomic E-state index is 13.4. The van der Waals surface area contributed by atoms with Crippen LogP contribution in [0, 0.1) is 5.82 Å². The van der Waals surface area contributed by atoms with Gasteiger partial charge in [-0.1, -0.05) is 29.8 Å². The summed E-state index contributed by atoms with van der Waals surface area (Å²) in [5.41, 5.74) is -1.88. The summed E-state index contributed by atoms with van der Waals surface area (Å²) in [6, 6.07) is 8.30. The number of para-hydroxylation sites is 1. The quantitative estimate of drug-likeness (QED) is 0.339. The van der Waals surface area contributed by atoms with Crippen LogP contribution in [0.5, 0.6) is 5.75 Å². The van der Waals surface area contributed by atoms with Crippen molar-refractivity contribution in [2.24, 2.45) is 0 Å². The first kappa shape index (κ1) is 24.7. The second kappa shape index (κ2) is 9.90. The molecule has 6 nitrogen and oxygen atoms in total. The highest BCUT2D eigenvalue weighted by atomic mass is 19.4. The molecule has 0 unspecified atom stereocenters. The normalized spacial score (nSPS) is 17.8. The van der Waals surface area contributed by atoms with Crippen molar-refractivity contribution < 1.29 is 41.4 Å². The third-order valence-corrected chi connectivity index (χ3v) is 4.72. The molecule has 1 aliphatic heterocycles. The summed E-state index contributed by atoms with van der Waals surface area (Å²) in [5, 5.41) is 0. The number of esters is 1. The molecule has 3 rings (SSSR count). The van der Waals surface area contributed by atoms with E-state index in [2.05, 4.69) is 0 Å². The molecule has 2 aromatic carbocycles. The number of hydrogen-bond donors (Lipinski definition) is 0. The van der Waals surface area contributed by atoms with E-state index < -0.39 is 53.1 Å². The van der Waals surface area contributed by atoms with E-state index in [1.807, 2.05) is 0 Å². The predicted molar refractivity (Wildman–Crippen MR) is 112 cm³/mol. The van der Waals surface area contributed by atoms with Crippen LogP contribution in [0.1, 0.15) is 29.8 Å². The first-order valence-corrected chi connectivity index (χ1v) is 9.97. The number of hydrogen-bond acceptors (Lipinski definition) is 5. The average Bonchev–Trinajstić information content (AvgIpc) is 2.75. The van der Waals surface area contributed by atoms with Crippen molar-refractivity contribution in [2.45, 2.75) is 32.2 Å². The van der Waals surface area contributed by atoms with Crippen LogP contribution in [0.25, 0.3) is 0 Å². The number of amides is 1. The molecule has 1 heterocycles. The second-order valence-electron chi connectivity index (χ2n) is 7.55. The van der Waals surface area contributed by atoms with Gasteiger partial charge in [-0.3, -0.25) is 9.69 Å². The Morgan fingerprint density at radius 2 is 1.74 bits per heavy atom. The molecular formula is C24H19F4NO5. The summed E-state index contributed by atoms with van der Waals surface area (Å²) in [7, 11) is 0. The fraction of sp³-hybridized carbons (Fsp3) is 0.208. The zero-order valence-corrected chi connectivity index (χ0v) is 18.0. The highest BCUT2D eigenvalue weighted by Gasteiger charge is 2.41. The van der Waals surface area contributed by atoms with E-state index in [1.165, 1.54) is 18.2 Å². The van der Waals surface area contributed by atoms with Crippen LogP contribution in [0.2, 0.25) is 0 Å². The van der Waals surface area contributed by atoms with Crippen LogP contribution in [-0.2, 0) is 15.7 Å². The average molecular weight is 477 g/mol. The number of ether oxygens (including phenoxy) is 2. The fourth-order valence-electron chi connectivity index (χ4n) is 3.23. The zero-order valence-electron chi connectivity index (χ0n) is 18.0. The fourth-order valence-corrected chi connectivity index (χ4v) is 3.23. The van der Waals surface area contributed by atoms with Gasteiger partial charge in [0, 0.05) is 12.3 Å². The van der Waals surface area contributed by atoms with E-state index in [0.29, 0.717) is 17.7 Å². The van der Waals surface area contributed by atoms with Crippen molar-refractivity contribution in [3.8, 4) is 5.75 Å². The van der Waals surface area contributed by atoms with E-state index in [4.69, 9.17) is 9.47 Å². The predicted octanol–water partition coefficient (Wildman–Crippen LogP) is 5.30. The van der Waals surface area contributed by atoms with Crippen molar-refractivity contribution >= 4 is 17.8 Å². The topological polar surface area (TPSA) is 72.9 Å². The lowest BCUT2D eigenvalue weighted by Crippen LogP contribution is -2.51. The molecule has 0 aromatic heterocycles. The molecule has 0 radical (unpaired) electrons. The summed E-state index contributed by atoms with van der Waals surface area (Å²) in [5.74, 6) is -3.24. The molecular weight excluding hydrogens is 458 g/mol. The van der Waals surface area contributed by atoms with Gasteiger partial charge in [-0.05, 0) is 44.2 Å². The number of benzene rings is 2. The van der Waals surface area contributed by atoms with Crippen LogP contribution in [0.4, 0.5) is 22.4 Å². The summed E-state index contributed by atoms with van der Waals surface area (Å²) >= 11 is 0. The van der Waals surface area contributed by atoms with Crippen LogP contribution in [0.15, 0.2) is 72.5 Å². The van der Waals surface area contributed by atoms with Gasteiger partial charge in [-0.15, -0.1) is 0 Å². The van der Waals surface area contributed by atoms with E-state index in [0.717, 1.165) is 17.2 Å². The minimum absolute atomic E-state index is 0.163. The van der Waals surface area contributed by atoms with Crippen LogP contribution in [0.3, 0.4) is 0 Å². The van der Waals surface area contributed by atoms with E-state index in [-0.39, 0.29) is 11.8 Å². The molecule has 0 bridgehead atoms. The van der Waals surface area contributed by atoms with Crippen molar-refractivity contribution in [3.63, 3.8) is 0 Å². The zero-order chi connectivity index (χ0) is 25.0. The largest absolute Gasteiger partial charge is 0.448 e. The Kier molecular flexibility index (Phi) is 7.19. The number of halogens is 4. The van der Waals surface area contributed by atoms with Gasteiger partial charge in [-0.25, -0.2) is 14.0 Å². The molecule has 0 spiro atoms. The van der Waals surface area contributed by atoms with E-state index in [1.54, 1.807) is 32.0 Å². The molecule has 1 amide bonds. The Hall–Kier alpha value is -3.95. The summed E-state index contributed by atoms with van der Waals surface area (Å²) in [4.78, 5) is 39.0. The lowest BCUT2D eigenvalue weighted by Gasteiger charge is -2.34. The molecule has 10 heteroatoms. The number of ketones is 1. The first-order chi connectivity index (χ1) is 16.0. The molecule has 0 saturated heterocycles. The van der Waals surface area contributed by atoms with Gasteiger partial charge in [0.25, 0.3) is 0 Å². The van der Waals surface area contributed by atoms with Gasteiger partial charge in [-0.2, -0.15) is 13.2 Å². The maximum absolute atomic E-state index is 13.4. The number of rotatable bonds is 4. The number of carbonyl (C=O) groups is 3. The standard InChI is InChI=1S/C24H19F4NO5/c1-14(2)12-19-21(34-22(31)17-9-8-15(25)13-18(17)24(26,27)28)20(30)10-11-29(19)23(32)33-16-6-4-3-5-7-16/h3-13,19,21H,1-2H3/t19-,21-/m1/s1. The summed E-state index contributed by atoms with van der Waals surface area (Å²) in [6.45, 7) is 3.31. The number of nitrogens with zero attached hydrogens (tertiary/aromatic N) is 1. The van der Waals surface area contributed by atoms with Crippen LogP contribution >= 0.6 is 0 Å². The second-order valence-corrected chi connectivity index (χ2v) is 7.55. The van der Waals surface area contributed by atoms with E-state index >= 15 is 0 Å². The van der Waals surface area contributed by atoms with Crippen LogP contribution < -0.4 is 4.74 Å². The maximum Gasteiger partial charge on any atom is 0.419 e. The number of allylic oxidation sites excluding steroid dienone is 1. The molecule has 1 aliphatic rings. The molecule has 0 saturated carbocycles. The smallest absolute Gasteiger partial charge is 0.419 e. The van der Waals surface area contributed by atoms with Gasteiger partial charge in [0.05, 0.1) is 11.1 Å². The van der Waals surface area contributed by atoms with Gasteiger partial charge in [0.2, 0.25) is 0 Å². The molecule has 0 N–H and O–H groups in total. The van der Waals surface area contributed by atoms with Gasteiger partial charge in [0.15, 0.2) is 11.9 Å². The Labute approximate surface area is 192 Å². The van der Waals surface area contributed by atoms with Gasteiger partial charge >= 0.3 is 18.2 Å². The molecule has 34 heavy (non-hydrogen) atoms. The Balaban J connectivity index is 1.93. The lowest BCUT2D eigenvalue weighted by molar-refractivity contribution is -0.138.